The van der Waals surface area contributed by atoms with Crippen molar-refractivity contribution in [2.24, 2.45) is 11.8 Å². The van der Waals surface area contributed by atoms with E-state index >= 15 is 0 Å². The minimum atomic E-state index is -3.55. The number of fused-ring (bicyclic) bond motifs is 2. The molecule has 1 aromatic rings. The topological polar surface area (TPSA) is 66.5 Å². The van der Waals surface area contributed by atoms with Gasteiger partial charge in [0.15, 0.2) is 0 Å². The zero-order valence-electron chi connectivity index (χ0n) is 14.3. The van der Waals surface area contributed by atoms with Crippen LogP contribution in [0, 0.1) is 11.8 Å². The molecule has 2 fully saturated rings. The number of carbonyl (C=O) groups is 1. The van der Waals surface area contributed by atoms with E-state index in [0.29, 0.717) is 18.0 Å². The summed E-state index contributed by atoms with van der Waals surface area (Å²) in [5, 5.41) is 3.14. The molecule has 132 valence electrons. The number of hydrogen-bond donors (Lipinski definition) is 1. The summed E-state index contributed by atoms with van der Waals surface area (Å²) >= 11 is 0. The molecule has 0 unspecified atom stereocenters. The second kappa shape index (κ2) is 6.75. The van der Waals surface area contributed by atoms with Crippen molar-refractivity contribution in [2.45, 2.75) is 51.1 Å². The van der Waals surface area contributed by atoms with Gasteiger partial charge in [0.1, 0.15) is 6.04 Å². The Kier molecular flexibility index (Phi) is 4.85. The average Bonchev–Trinajstić information content (AvgIpc) is 3.14. The molecule has 0 aliphatic heterocycles. The second-order valence-corrected chi connectivity index (χ2v) is 8.97. The highest BCUT2D eigenvalue weighted by atomic mass is 32.2. The molecule has 0 heterocycles. The van der Waals surface area contributed by atoms with Crippen molar-refractivity contribution >= 4 is 21.6 Å². The maximum atomic E-state index is 12.9. The molecule has 1 amide bonds. The molecule has 1 N–H and O–H groups in total. The summed E-state index contributed by atoms with van der Waals surface area (Å²) in [7, 11) is -3.55. The van der Waals surface area contributed by atoms with Gasteiger partial charge in [-0.25, -0.2) is 8.42 Å². The number of rotatable bonds is 6. The van der Waals surface area contributed by atoms with E-state index < -0.39 is 16.1 Å². The molecule has 2 aliphatic rings. The predicted octanol–water partition coefficient (Wildman–Crippen LogP) is 2.54. The Labute approximate surface area is 144 Å². The first-order chi connectivity index (χ1) is 11.4. The van der Waals surface area contributed by atoms with E-state index in [-0.39, 0.29) is 11.9 Å². The van der Waals surface area contributed by atoms with Gasteiger partial charge in [-0.3, -0.25) is 9.10 Å². The Balaban J connectivity index is 1.80. The fraction of sp³-hybridized carbons (Fsp3) is 0.611. The van der Waals surface area contributed by atoms with Crippen LogP contribution in [0.15, 0.2) is 30.3 Å². The number of nitrogens with zero attached hydrogens (tertiary/aromatic N) is 1. The Hall–Kier alpha value is -1.56. The van der Waals surface area contributed by atoms with Gasteiger partial charge >= 0.3 is 0 Å². The van der Waals surface area contributed by atoms with Crippen LogP contribution in [0.1, 0.15) is 39.0 Å². The summed E-state index contributed by atoms with van der Waals surface area (Å²) in [4.78, 5) is 12.9. The lowest BCUT2D eigenvalue weighted by molar-refractivity contribution is -0.123. The van der Waals surface area contributed by atoms with Crippen molar-refractivity contribution in [1.29, 1.82) is 0 Å². The van der Waals surface area contributed by atoms with Gasteiger partial charge < -0.3 is 5.32 Å². The molecule has 2 bridgehead atoms. The predicted molar refractivity (Wildman–Crippen MR) is 95.2 cm³/mol. The SMILES string of the molecule is CC[C@@H](C(=O)N[C@H]1C[C@H]2CC[C@H]1C2)N(c1ccccc1)S(C)(=O)=O. The first kappa shape index (κ1) is 17.3. The summed E-state index contributed by atoms with van der Waals surface area (Å²) in [6, 6.07) is 8.37. The average molecular weight is 350 g/mol. The van der Waals surface area contributed by atoms with E-state index in [0.717, 1.165) is 18.6 Å². The van der Waals surface area contributed by atoms with Gasteiger partial charge in [0, 0.05) is 6.04 Å². The van der Waals surface area contributed by atoms with E-state index in [2.05, 4.69) is 5.32 Å². The summed E-state index contributed by atoms with van der Waals surface area (Å²) in [6.07, 6.45) is 6.30. The normalized spacial score (nSPS) is 27.0. The van der Waals surface area contributed by atoms with Crippen LogP contribution in [0.4, 0.5) is 5.69 Å². The van der Waals surface area contributed by atoms with Crippen LogP contribution < -0.4 is 9.62 Å². The largest absolute Gasteiger partial charge is 0.351 e. The maximum absolute atomic E-state index is 12.9. The van der Waals surface area contributed by atoms with E-state index in [4.69, 9.17) is 0 Å². The minimum Gasteiger partial charge on any atom is -0.351 e. The van der Waals surface area contributed by atoms with Gasteiger partial charge in [0.25, 0.3) is 0 Å². The number of anilines is 1. The summed E-state index contributed by atoms with van der Waals surface area (Å²) in [6.45, 7) is 1.85. The third-order valence-corrected chi connectivity index (χ3v) is 6.59. The van der Waals surface area contributed by atoms with Gasteiger partial charge in [0.05, 0.1) is 11.9 Å². The summed E-state index contributed by atoms with van der Waals surface area (Å²) in [5.74, 6) is 1.13. The molecule has 24 heavy (non-hydrogen) atoms. The van der Waals surface area contributed by atoms with Gasteiger partial charge in [-0.1, -0.05) is 31.5 Å². The fourth-order valence-corrected chi connectivity index (χ4v) is 5.55. The van der Waals surface area contributed by atoms with Gasteiger partial charge in [-0.05, 0) is 49.7 Å². The lowest BCUT2D eigenvalue weighted by Gasteiger charge is -2.32. The van der Waals surface area contributed by atoms with E-state index in [1.165, 1.54) is 23.6 Å². The third kappa shape index (κ3) is 3.43. The monoisotopic (exact) mass is 350 g/mol. The van der Waals surface area contributed by atoms with Crippen LogP contribution in [0.3, 0.4) is 0 Å². The Morgan fingerprint density at radius 3 is 2.46 bits per heavy atom. The fourth-order valence-electron chi connectivity index (χ4n) is 4.34. The second-order valence-electron chi connectivity index (χ2n) is 7.11. The Bertz CT molecular complexity index is 689. The van der Waals surface area contributed by atoms with Crippen molar-refractivity contribution in [2.75, 3.05) is 10.6 Å². The highest BCUT2D eigenvalue weighted by molar-refractivity contribution is 7.92. The standard InChI is InChI=1S/C18H26N2O3S/c1-3-17(18(21)19-16-12-13-9-10-14(16)11-13)20(24(2,22)23)15-7-5-4-6-8-15/h4-8,13-14,16-17H,3,9-12H2,1-2H3,(H,19,21)/t13-,14-,16-,17-/m0/s1. The molecule has 2 saturated carbocycles. The number of para-hydroxylation sites is 1. The molecule has 0 radical (unpaired) electrons. The number of sulfonamides is 1. The van der Waals surface area contributed by atoms with Crippen LogP contribution in [0.25, 0.3) is 0 Å². The molecule has 0 spiro atoms. The molecule has 0 aromatic heterocycles. The third-order valence-electron chi connectivity index (χ3n) is 5.41. The molecular formula is C18H26N2O3S. The zero-order valence-corrected chi connectivity index (χ0v) is 15.1. The summed E-state index contributed by atoms with van der Waals surface area (Å²) < 4.78 is 26.0. The van der Waals surface area contributed by atoms with Gasteiger partial charge in [0.2, 0.25) is 15.9 Å². The molecule has 5 nitrogen and oxygen atoms in total. The van der Waals surface area contributed by atoms with Crippen molar-refractivity contribution < 1.29 is 13.2 Å². The first-order valence-corrected chi connectivity index (χ1v) is 10.6. The molecule has 3 rings (SSSR count). The van der Waals surface area contributed by atoms with Gasteiger partial charge in [-0.2, -0.15) is 0 Å². The summed E-state index contributed by atoms with van der Waals surface area (Å²) in [5.41, 5.74) is 0.537. The Morgan fingerprint density at radius 2 is 1.96 bits per heavy atom. The lowest BCUT2D eigenvalue weighted by Crippen LogP contribution is -2.52. The van der Waals surface area contributed by atoms with Crippen LogP contribution in [0.5, 0.6) is 0 Å². The van der Waals surface area contributed by atoms with Crippen LogP contribution in [0.2, 0.25) is 0 Å². The number of benzene rings is 1. The van der Waals surface area contributed by atoms with Crippen molar-refractivity contribution in [3.63, 3.8) is 0 Å². The van der Waals surface area contributed by atoms with E-state index in [1.54, 1.807) is 24.3 Å². The smallest absolute Gasteiger partial charge is 0.244 e. The molecule has 0 saturated heterocycles. The molecule has 2 aliphatic carbocycles. The number of amides is 1. The van der Waals surface area contributed by atoms with Gasteiger partial charge in [-0.15, -0.1) is 0 Å². The van der Waals surface area contributed by atoms with Crippen LogP contribution in [-0.4, -0.2) is 32.7 Å². The van der Waals surface area contributed by atoms with Crippen LogP contribution in [-0.2, 0) is 14.8 Å². The van der Waals surface area contributed by atoms with Crippen molar-refractivity contribution in [3.8, 4) is 0 Å². The maximum Gasteiger partial charge on any atom is 0.244 e. The van der Waals surface area contributed by atoms with Crippen molar-refractivity contribution in [1.82, 2.24) is 5.32 Å². The molecule has 6 heteroatoms. The first-order valence-electron chi connectivity index (χ1n) is 8.75. The van der Waals surface area contributed by atoms with Crippen LogP contribution >= 0.6 is 0 Å². The van der Waals surface area contributed by atoms with E-state index in [9.17, 15) is 13.2 Å². The number of nitrogens with one attached hydrogen (secondary N) is 1. The van der Waals surface area contributed by atoms with Crippen molar-refractivity contribution in [3.05, 3.63) is 30.3 Å². The zero-order chi connectivity index (χ0) is 17.3. The minimum absolute atomic E-state index is 0.177. The highest BCUT2D eigenvalue weighted by Gasteiger charge is 2.41. The number of hydrogen-bond acceptors (Lipinski definition) is 3. The molecular weight excluding hydrogens is 324 g/mol. The van der Waals surface area contributed by atoms with E-state index in [1.807, 2.05) is 13.0 Å². The highest BCUT2D eigenvalue weighted by Crippen LogP contribution is 2.44. The quantitative estimate of drug-likeness (QED) is 0.857. The molecule has 1 aromatic carbocycles. The number of carbonyl (C=O) groups excluding carboxylic acids is 1. The Morgan fingerprint density at radius 1 is 1.25 bits per heavy atom. The lowest BCUT2D eigenvalue weighted by atomic mass is 9.95. The molecule has 4 atom stereocenters.